The molecule has 1 aromatic rings. The van der Waals surface area contributed by atoms with Crippen LogP contribution < -0.4 is 15.9 Å². The molecule has 16 heavy (non-hydrogen) atoms. The zero-order valence-electron chi connectivity index (χ0n) is 8.40. The maximum atomic E-state index is 9.47. The first-order valence-electron chi connectivity index (χ1n) is 4.19. The fourth-order valence-corrected chi connectivity index (χ4v) is 1.47. The van der Waals surface area contributed by atoms with Crippen molar-refractivity contribution in [3.8, 4) is 11.5 Å². The maximum Gasteiger partial charge on any atom is 0.184 e. The Balaban J connectivity index is 2.95. The lowest BCUT2D eigenvalue weighted by atomic mass is 10.2. The molecule has 0 unspecified atom stereocenters. The first-order chi connectivity index (χ1) is 7.54. The number of hydrogen-bond acceptors (Lipinski definition) is 4. The van der Waals surface area contributed by atoms with E-state index in [1.807, 2.05) is 0 Å². The number of ether oxygens (including phenoxy) is 1. The van der Waals surface area contributed by atoms with Gasteiger partial charge in [-0.3, -0.25) is 5.43 Å². The van der Waals surface area contributed by atoms with Crippen LogP contribution in [0.15, 0.2) is 21.7 Å². The number of methoxy groups -OCH3 is 1. The molecular formula is C9H10BrN3O2S. The predicted molar refractivity (Wildman–Crippen MR) is 69.9 cm³/mol. The Hall–Kier alpha value is -1.34. The summed E-state index contributed by atoms with van der Waals surface area (Å²) in [7, 11) is 1.47. The van der Waals surface area contributed by atoms with Crippen LogP contribution in [0.2, 0.25) is 0 Å². The van der Waals surface area contributed by atoms with Crippen molar-refractivity contribution in [3.63, 3.8) is 0 Å². The minimum absolute atomic E-state index is 0.0498. The summed E-state index contributed by atoms with van der Waals surface area (Å²) in [5.74, 6) is 0.411. The minimum Gasteiger partial charge on any atom is -0.504 e. The van der Waals surface area contributed by atoms with Crippen LogP contribution in [0, 0.1) is 0 Å². The van der Waals surface area contributed by atoms with Crippen molar-refractivity contribution in [1.29, 1.82) is 0 Å². The predicted octanol–water partition coefficient (Wildman–Crippen LogP) is 1.33. The Kier molecular flexibility index (Phi) is 4.51. The zero-order chi connectivity index (χ0) is 12.1. The number of aromatic hydroxyl groups is 1. The molecule has 86 valence electrons. The molecule has 0 saturated heterocycles. The summed E-state index contributed by atoms with van der Waals surface area (Å²) in [5.41, 5.74) is 8.35. The van der Waals surface area contributed by atoms with Crippen LogP contribution in [0.4, 0.5) is 0 Å². The number of phenols is 1. The second-order valence-electron chi connectivity index (χ2n) is 2.78. The lowest BCUT2D eigenvalue weighted by Crippen LogP contribution is -2.24. The van der Waals surface area contributed by atoms with Crippen LogP contribution in [0.1, 0.15) is 5.56 Å². The summed E-state index contributed by atoms with van der Waals surface area (Å²) in [6, 6.07) is 3.14. The quantitative estimate of drug-likeness (QED) is 0.446. The smallest absolute Gasteiger partial charge is 0.184 e. The fourth-order valence-electron chi connectivity index (χ4n) is 0.986. The molecule has 0 aromatic heterocycles. The standard InChI is InChI=1S/C9H10BrN3O2S/c1-15-8-2-5(4-12-13-9(11)16)6(10)3-7(8)14/h2-4,14H,1H3,(H3,11,13,16). The van der Waals surface area contributed by atoms with E-state index in [1.54, 1.807) is 6.07 Å². The number of hydrogen-bond donors (Lipinski definition) is 3. The molecule has 0 aliphatic carbocycles. The van der Waals surface area contributed by atoms with Crippen molar-refractivity contribution in [2.75, 3.05) is 7.11 Å². The second kappa shape index (κ2) is 5.66. The molecule has 0 radical (unpaired) electrons. The number of hydrazone groups is 1. The Morgan fingerprint density at radius 1 is 1.69 bits per heavy atom. The Bertz CT molecular complexity index is 437. The summed E-state index contributed by atoms with van der Waals surface area (Å²) >= 11 is 7.87. The molecule has 0 aliphatic rings. The number of nitrogens with two attached hydrogens (primary N) is 1. The van der Waals surface area contributed by atoms with E-state index in [0.717, 1.165) is 5.56 Å². The van der Waals surface area contributed by atoms with Gasteiger partial charge in [-0.2, -0.15) is 5.10 Å². The van der Waals surface area contributed by atoms with Gasteiger partial charge in [0.05, 0.1) is 13.3 Å². The molecule has 0 bridgehead atoms. The molecule has 7 heteroatoms. The van der Waals surface area contributed by atoms with Crippen LogP contribution in [0.25, 0.3) is 0 Å². The van der Waals surface area contributed by atoms with E-state index >= 15 is 0 Å². The molecule has 1 rings (SSSR count). The molecule has 1 aromatic carbocycles. The van der Waals surface area contributed by atoms with Crippen molar-refractivity contribution in [1.82, 2.24) is 5.43 Å². The molecule has 0 fully saturated rings. The molecule has 0 spiro atoms. The van der Waals surface area contributed by atoms with Crippen molar-refractivity contribution in [3.05, 3.63) is 22.2 Å². The van der Waals surface area contributed by atoms with E-state index in [4.69, 9.17) is 10.5 Å². The normalized spacial score (nSPS) is 10.4. The van der Waals surface area contributed by atoms with Gasteiger partial charge in [-0.25, -0.2) is 0 Å². The first-order valence-corrected chi connectivity index (χ1v) is 5.39. The van der Waals surface area contributed by atoms with Crippen molar-refractivity contribution in [2.45, 2.75) is 0 Å². The van der Waals surface area contributed by atoms with Gasteiger partial charge in [0, 0.05) is 10.0 Å². The molecule has 4 N–H and O–H groups in total. The molecule has 0 heterocycles. The molecule has 0 atom stereocenters. The third-order valence-electron chi connectivity index (χ3n) is 1.68. The van der Waals surface area contributed by atoms with E-state index in [9.17, 15) is 5.11 Å². The highest BCUT2D eigenvalue weighted by molar-refractivity contribution is 9.10. The van der Waals surface area contributed by atoms with Crippen LogP contribution >= 0.6 is 28.1 Å². The van der Waals surface area contributed by atoms with Gasteiger partial charge in [0.25, 0.3) is 0 Å². The number of nitrogens with zero attached hydrogens (tertiary/aromatic N) is 1. The van der Waals surface area contributed by atoms with E-state index in [-0.39, 0.29) is 10.9 Å². The largest absolute Gasteiger partial charge is 0.504 e. The third-order valence-corrected chi connectivity index (χ3v) is 2.45. The summed E-state index contributed by atoms with van der Waals surface area (Å²) in [5, 5.41) is 13.4. The summed E-state index contributed by atoms with van der Waals surface area (Å²) in [4.78, 5) is 0. The number of benzene rings is 1. The average molecular weight is 304 g/mol. The van der Waals surface area contributed by atoms with Crippen LogP contribution in [0.3, 0.4) is 0 Å². The fraction of sp³-hybridized carbons (Fsp3) is 0.111. The van der Waals surface area contributed by atoms with Crippen LogP contribution in [-0.4, -0.2) is 23.5 Å². The number of halogens is 1. The average Bonchev–Trinajstić information content (AvgIpc) is 2.20. The number of thiocarbonyl (C=S) groups is 1. The highest BCUT2D eigenvalue weighted by Gasteiger charge is 2.06. The lowest BCUT2D eigenvalue weighted by molar-refractivity contribution is 0.373. The van der Waals surface area contributed by atoms with Crippen molar-refractivity contribution in [2.24, 2.45) is 10.8 Å². The van der Waals surface area contributed by atoms with Gasteiger partial charge in [-0.05, 0) is 40.3 Å². The second-order valence-corrected chi connectivity index (χ2v) is 4.07. The highest BCUT2D eigenvalue weighted by Crippen LogP contribution is 2.31. The number of rotatable bonds is 3. The summed E-state index contributed by atoms with van der Waals surface area (Å²) in [6.45, 7) is 0. The number of nitrogens with one attached hydrogen (secondary N) is 1. The maximum absolute atomic E-state index is 9.47. The molecular weight excluding hydrogens is 294 g/mol. The topological polar surface area (TPSA) is 79.9 Å². The molecule has 0 saturated carbocycles. The third kappa shape index (κ3) is 3.35. The monoisotopic (exact) mass is 303 g/mol. The molecule has 5 nitrogen and oxygen atoms in total. The first kappa shape index (κ1) is 12.7. The molecule has 0 amide bonds. The van der Waals surface area contributed by atoms with Crippen molar-refractivity contribution >= 4 is 39.5 Å². The minimum atomic E-state index is 0.0498. The van der Waals surface area contributed by atoms with Crippen LogP contribution in [-0.2, 0) is 0 Å². The van der Waals surface area contributed by atoms with Crippen molar-refractivity contribution < 1.29 is 9.84 Å². The Labute approximate surface area is 106 Å². The van der Waals surface area contributed by atoms with Gasteiger partial charge < -0.3 is 15.6 Å². The van der Waals surface area contributed by atoms with E-state index in [1.165, 1.54) is 19.4 Å². The van der Waals surface area contributed by atoms with Gasteiger partial charge in [0.15, 0.2) is 16.6 Å². The number of phenolic OH excluding ortho intramolecular Hbond substituents is 1. The Morgan fingerprint density at radius 3 is 2.94 bits per heavy atom. The SMILES string of the molecule is COc1cc(C=NNC(N)=S)c(Br)cc1O. The Morgan fingerprint density at radius 2 is 2.38 bits per heavy atom. The summed E-state index contributed by atoms with van der Waals surface area (Å²) < 4.78 is 5.64. The zero-order valence-corrected chi connectivity index (χ0v) is 10.8. The van der Waals surface area contributed by atoms with Gasteiger partial charge in [0.1, 0.15) is 0 Å². The van der Waals surface area contributed by atoms with Gasteiger partial charge in [-0.15, -0.1) is 0 Å². The lowest BCUT2D eigenvalue weighted by Gasteiger charge is -2.06. The van der Waals surface area contributed by atoms with Crippen LogP contribution in [0.5, 0.6) is 11.5 Å². The van der Waals surface area contributed by atoms with E-state index < -0.39 is 0 Å². The van der Waals surface area contributed by atoms with E-state index in [0.29, 0.717) is 10.2 Å². The summed E-state index contributed by atoms with van der Waals surface area (Å²) in [6.07, 6.45) is 1.51. The molecule has 0 aliphatic heterocycles. The van der Waals surface area contributed by atoms with E-state index in [2.05, 4.69) is 38.7 Å². The van der Waals surface area contributed by atoms with Gasteiger partial charge in [-0.1, -0.05) is 0 Å². The highest BCUT2D eigenvalue weighted by atomic mass is 79.9. The van der Waals surface area contributed by atoms with Gasteiger partial charge >= 0.3 is 0 Å². The van der Waals surface area contributed by atoms with Gasteiger partial charge in [0.2, 0.25) is 0 Å².